The number of halogens is 1. The molecule has 80 valence electrons. The summed E-state index contributed by atoms with van der Waals surface area (Å²) < 4.78 is 24.2. The Morgan fingerprint density at radius 2 is 1.85 bits per heavy atom. The second kappa shape index (κ2) is 5.14. The SMILES string of the molecule is CCS(=O)(=O)N1CCC(N)CC1.Cl. The van der Waals surface area contributed by atoms with E-state index >= 15 is 0 Å². The van der Waals surface area contributed by atoms with Gasteiger partial charge in [0.25, 0.3) is 0 Å². The quantitative estimate of drug-likeness (QED) is 0.734. The van der Waals surface area contributed by atoms with Crippen LogP contribution in [0.4, 0.5) is 0 Å². The third-order valence-electron chi connectivity index (χ3n) is 2.26. The molecule has 6 heteroatoms. The lowest BCUT2D eigenvalue weighted by Crippen LogP contribution is -2.43. The molecule has 0 saturated carbocycles. The average molecular weight is 229 g/mol. The molecule has 0 aromatic heterocycles. The molecule has 2 N–H and O–H groups in total. The summed E-state index contributed by atoms with van der Waals surface area (Å²) in [4.78, 5) is 0. The number of hydrogen-bond donors (Lipinski definition) is 1. The summed E-state index contributed by atoms with van der Waals surface area (Å²) in [6.45, 7) is 2.86. The Balaban J connectivity index is 0.00000144. The molecule has 0 radical (unpaired) electrons. The first kappa shape index (κ1) is 13.2. The highest BCUT2D eigenvalue weighted by molar-refractivity contribution is 7.89. The van der Waals surface area contributed by atoms with Crippen molar-refractivity contribution in [1.82, 2.24) is 4.31 Å². The highest BCUT2D eigenvalue weighted by Gasteiger charge is 2.24. The number of nitrogens with two attached hydrogens (primary N) is 1. The van der Waals surface area contributed by atoms with Gasteiger partial charge in [0, 0.05) is 19.1 Å². The molecule has 13 heavy (non-hydrogen) atoms. The van der Waals surface area contributed by atoms with Gasteiger partial charge >= 0.3 is 0 Å². The molecule has 0 aromatic carbocycles. The Labute approximate surface area is 85.9 Å². The van der Waals surface area contributed by atoms with E-state index in [0.29, 0.717) is 13.1 Å². The van der Waals surface area contributed by atoms with Gasteiger partial charge in [-0.3, -0.25) is 0 Å². The molecule has 0 atom stereocenters. The molecule has 0 aliphatic carbocycles. The number of nitrogens with zero attached hydrogens (tertiary/aromatic N) is 1. The largest absolute Gasteiger partial charge is 0.328 e. The molecule has 0 unspecified atom stereocenters. The fourth-order valence-corrected chi connectivity index (χ4v) is 2.47. The maximum Gasteiger partial charge on any atom is 0.213 e. The Bertz CT molecular complexity index is 235. The van der Waals surface area contributed by atoms with Gasteiger partial charge in [0.05, 0.1) is 5.75 Å². The first-order valence-electron chi connectivity index (χ1n) is 4.29. The fraction of sp³-hybridized carbons (Fsp3) is 1.00. The van der Waals surface area contributed by atoms with Gasteiger partial charge in [-0.05, 0) is 19.8 Å². The summed E-state index contributed by atoms with van der Waals surface area (Å²) in [6, 6.07) is 0.188. The van der Waals surface area contributed by atoms with Crippen molar-refractivity contribution in [2.75, 3.05) is 18.8 Å². The minimum absolute atomic E-state index is 0. The number of rotatable bonds is 2. The third kappa shape index (κ3) is 3.42. The number of hydrogen-bond acceptors (Lipinski definition) is 3. The Kier molecular flexibility index (Phi) is 5.21. The third-order valence-corrected chi connectivity index (χ3v) is 4.14. The van der Waals surface area contributed by atoms with E-state index in [1.54, 1.807) is 6.92 Å². The van der Waals surface area contributed by atoms with E-state index < -0.39 is 10.0 Å². The summed E-state index contributed by atoms with van der Waals surface area (Å²) in [6.07, 6.45) is 1.58. The van der Waals surface area contributed by atoms with Gasteiger partial charge in [-0.15, -0.1) is 12.4 Å². The zero-order chi connectivity index (χ0) is 9.19. The molecule has 1 fully saturated rings. The topological polar surface area (TPSA) is 63.4 Å². The van der Waals surface area contributed by atoms with Crippen LogP contribution in [0, 0.1) is 0 Å². The van der Waals surface area contributed by atoms with E-state index in [1.807, 2.05) is 0 Å². The van der Waals surface area contributed by atoms with Crippen LogP contribution in [0.3, 0.4) is 0 Å². The maximum atomic E-state index is 11.3. The predicted octanol–water partition coefficient (Wildman–Crippen LogP) is 0.181. The van der Waals surface area contributed by atoms with E-state index in [2.05, 4.69) is 0 Å². The van der Waals surface area contributed by atoms with Crippen molar-refractivity contribution < 1.29 is 8.42 Å². The zero-order valence-electron chi connectivity index (χ0n) is 7.77. The Hall–Kier alpha value is 0.160. The van der Waals surface area contributed by atoms with Crippen LogP contribution < -0.4 is 5.73 Å². The highest BCUT2D eigenvalue weighted by atomic mass is 35.5. The van der Waals surface area contributed by atoms with Crippen LogP contribution in [0.25, 0.3) is 0 Å². The van der Waals surface area contributed by atoms with Crippen LogP contribution in [-0.4, -0.2) is 37.6 Å². The smallest absolute Gasteiger partial charge is 0.213 e. The molecular formula is C7H17ClN2O2S. The van der Waals surface area contributed by atoms with Crippen molar-refractivity contribution in [2.45, 2.75) is 25.8 Å². The monoisotopic (exact) mass is 228 g/mol. The molecule has 1 aliphatic heterocycles. The van der Waals surface area contributed by atoms with Crippen molar-refractivity contribution in [3.63, 3.8) is 0 Å². The first-order valence-corrected chi connectivity index (χ1v) is 5.90. The van der Waals surface area contributed by atoms with E-state index in [0.717, 1.165) is 12.8 Å². The maximum absolute atomic E-state index is 11.3. The van der Waals surface area contributed by atoms with Crippen molar-refractivity contribution in [3.8, 4) is 0 Å². The van der Waals surface area contributed by atoms with Crippen molar-refractivity contribution in [1.29, 1.82) is 0 Å². The van der Waals surface area contributed by atoms with E-state index in [1.165, 1.54) is 4.31 Å². The van der Waals surface area contributed by atoms with Crippen LogP contribution in [0.5, 0.6) is 0 Å². The minimum atomic E-state index is -2.97. The van der Waals surface area contributed by atoms with E-state index in [-0.39, 0.29) is 24.2 Å². The summed E-state index contributed by atoms with van der Waals surface area (Å²) in [5.41, 5.74) is 5.66. The Morgan fingerprint density at radius 1 is 1.38 bits per heavy atom. The summed E-state index contributed by atoms with van der Waals surface area (Å²) in [7, 11) is -2.97. The molecular weight excluding hydrogens is 212 g/mol. The van der Waals surface area contributed by atoms with Gasteiger partial charge in [-0.1, -0.05) is 0 Å². The second-order valence-corrected chi connectivity index (χ2v) is 5.39. The zero-order valence-corrected chi connectivity index (χ0v) is 9.40. The van der Waals surface area contributed by atoms with Crippen molar-refractivity contribution >= 4 is 22.4 Å². The lowest BCUT2D eigenvalue weighted by Gasteiger charge is -2.28. The second-order valence-electron chi connectivity index (χ2n) is 3.14. The lowest BCUT2D eigenvalue weighted by molar-refractivity contribution is 0.320. The molecule has 1 saturated heterocycles. The highest BCUT2D eigenvalue weighted by Crippen LogP contribution is 2.12. The van der Waals surface area contributed by atoms with E-state index in [4.69, 9.17) is 5.73 Å². The van der Waals surface area contributed by atoms with Gasteiger partial charge < -0.3 is 5.73 Å². The van der Waals surface area contributed by atoms with Crippen molar-refractivity contribution in [2.24, 2.45) is 5.73 Å². The standard InChI is InChI=1S/C7H16N2O2S.ClH/c1-2-12(10,11)9-5-3-7(8)4-6-9;/h7H,2-6,8H2,1H3;1H. The van der Waals surface area contributed by atoms with Gasteiger partial charge in [0.15, 0.2) is 0 Å². The number of piperidine rings is 1. The Morgan fingerprint density at radius 3 is 2.23 bits per heavy atom. The summed E-state index contributed by atoms with van der Waals surface area (Å²) >= 11 is 0. The van der Waals surface area contributed by atoms with Crippen LogP contribution in [0.1, 0.15) is 19.8 Å². The first-order chi connectivity index (χ1) is 5.56. The molecule has 0 amide bonds. The van der Waals surface area contributed by atoms with Crippen LogP contribution in [0.2, 0.25) is 0 Å². The molecule has 1 heterocycles. The fourth-order valence-electron chi connectivity index (χ4n) is 1.34. The van der Waals surface area contributed by atoms with Gasteiger partial charge in [-0.25, -0.2) is 12.7 Å². The van der Waals surface area contributed by atoms with Crippen LogP contribution >= 0.6 is 12.4 Å². The van der Waals surface area contributed by atoms with Crippen LogP contribution in [0.15, 0.2) is 0 Å². The van der Waals surface area contributed by atoms with Gasteiger partial charge in [-0.2, -0.15) is 0 Å². The molecule has 0 spiro atoms. The number of sulfonamides is 1. The minimum Gasteiger partial charge on any atom is -0.328 e. The lowest BCUT2D eigenvalue weighted by atomic mass is 10.1. The predicted molar refractivity (Wildman–Crippen MR) is 55.5 cm³/mol. The van der Waals surface area contributed by atoms with E-state index in [9.17, 15) is 8.42 Å². The summed E-state index contributed by atoms with van der Waals surface area (Å²) in [5, 5.41) is 0. The van der Waals surface area contributed by atoms with Gasteiger partial charge in [0.2, 0.25) is 10.0 Å². The normalized spacial score (nSPS) is 21.1. The van der Waals surface area contributed by atoms with Crippen molar-refractivity contribution in [3.05, 3.63) is 0 Å². The average Bonchev–Trinajstić information content (AvgIpc) is 2.05. The van der Waals surface area contributed by atoms with Gasteiger partial charge in [0.1, 0.15) is 0 Å². The molecule has 1 rings (SSSR count). The molecule has 0 bridgehead atoms. The van der Waals surface area contributed by atoms with Crippen LogP contribution in [-0.2, 0) is 10.0 Å². The summed E-state index contributed by atoms with van der Waals surface area (Å²) in [5.74, 6) is 0.197. The molecule has 0 aromatic rings. The molecule has 1 aliphatic rings. The molecule has 4 nitrogen and oxygen atoms in total.